The number of H-pyrrole nitrogens is 1. The molecule has 0 saturated heterocycles. The van der Waals surface area contributed by atoms with Crippen LogP contribution in [-0.2, 0) is 19.3 Å². The number of nitrogens with one attached hydrogen (secondary N) is 1. The van der Waals surface area contributed by atoms with Gasteiger partial charge in [-0.05, 0) is 118 Å². The van der Waals surface area contributed by atoms with Gasteiger partial charge < -0.3 is 14.5 Å². The van der Waals surface area contributed by atoms with Gasteiger partial charge in [-0.1, -0.05) is 19.4 Å². The van der Waals surface area contributed by atoms with Gasteiger partial charge in [0, 0.05) is 34.6 Å². The first-order chi connectivity index (χ1) is 18.0. The van der Waals surface area contributed by atoms with Crippen LogP contribution in [0.4, 0.5) is 4.39 Å². The molecule has 0 fully saturated rings. The molecule has 0 spiro atoms. The molecule has 3 aromatic carbocycles. The van der Waals surface area contributed by atoms with Gasteiger partial charge in [0.25, 0.3) is 0 Å². The van der Waals surface area contributed by atoms with Crippen molar-refractivity contribution >= 4 is 38.8 Å². The van der Waals surface area contributed by atoms with Gasteiger partial charge in [-0.25, -0.2) is 8.70 Å². The minimum absolute atomic E-state index is 0.192. The number of aryl methyl sites for hydroxylation is 2. The number of ether oxygens (including phenoxy) is 2. The second-order valence-electron chi connectivity index (χ2n) is 9.45. The predicted octanol–water partition coefficient (Wildman–Crippen LogP) is 8.28. The highest BCUT2D eigenvalue weighted by molar-refractivity contribution is 9.10. The molecule has 7 heteroatoms. The molecule has 1 aromatic heterocycles. The van der Waals surface area contributed by atoms with Crippen molar-refractivity contribution in [1.82, 2.24) is 9.29 Å². The Bertz CT molecular complexity index is 1410. The second-order valence-corrected chi connectivity index (χ2v) is 11.4. The van der Waals surface area contributed by atoms with E-state index in [0.29, 0.717) is 4.47 Å². The highest BCUT2D eigenvalue weighted by Gasteiger charge is 2.30. The van der Waals surface area contributed by atoms with Crippen molar-refractivity contribution in [2.75, 3.05) is 20.8 Å². The molecular formula is C30H32BrFN2O2S. The molecule has 1 aliphatic heterocycles. The highest BCUT2D eigenvalue weighted by Crippen LogP contribution is 2.43. The molecule has 194 valence electrons. The summed E-state index contributed by atoms with van der Waals surface area (Å²) >= 11 is 4.93. The summed E-state index contributed by atoms with van der Waals surface area (Å²) in [7, 11) is 3.46. The standard InChI is InChI=1S/C30H32BrFN2O2S/c1-4-5-20-14-25-19(15-30(20)36-3)12-13-34(37-23-8-9-26(31)27(32)17-23)29(25)11-6-21-18-33-28-10-7-22(35-2)16-24(21)28/h7-10,14-18,29,33H,4-6,11-13H2,1-3H3. The van der Waals surface area contributed by atoms with Crippen molar-refractivity contribution in [2.45, 2.75) is 50.0 Å². The summed E-state index contributed by atoms with van der Waals surface area (Å²) in [5.74, 6) is 1.61. The molecule has 4 aromatic rings. The lowest BCUT2D eigenvalue weighted by Crippen LogP contribution is -2.31. The number of rotatable bonds is 9. The van der Waals surface area contributed by atoms with E-state index < -0.39 is 0 Å². The van der Waals surface area contributed by atoms with Crippen LogP contribution in [0.1, 0.15) is 48.1 Å². The van der Waals surface area contributed by atoms with E-state index in [2.05, 4.69) is 62.6 Å². The number of nitrogens with zero attached hydrogens (tertiary/aromatic N) is 1. The van der Waals surface area contributed by atoms with Gasteiger partial charge >= 0.3 is 0 Å². The number of hydrogen-bond donors (Lipinski definition) is 1. The number of benzene rings is 3. The lowest BCUT2D eigenvalue weighted by atomic mass is 9.88. The number of halogens is 2. The number of aromatic nitrogens is 1. The molecule has 0 bridgehead atoms. The second kappa shape index (κ2) is 11.5. The van der Waals surface area contributed by atoms with Crippen LogP contribution >= 0.6 is 27.9 Å². The molecule has 4 nitrogen and oxygen atoms in total. The van der Waals surface area contributed by atoms with E-state index in [-0.39, 0.29) is 11.9 Å². The minimum Gasteiger partial charge on any atom is -0.497 e. The summed E-state index contributed by atoms with van der Waals surface area (Å²) in [6.07, 6.45) is 6.96. The zero-order valence-electron chi connectivity index (χ0n) is 21.4. The van der Waals surface area contributed by atoms with Crippen molar-refractivity contribution in [2.24, 2.45) is 0 Å². The molecule has 37 heavy (non-hydrogen) atoms. The first-order valence-corrected chi connectivity index (χ1v) is 14.3. The summed E-state index contributed by atoms with van der Waals surface area (Å²) in [5, 5.41) is 1.20. The number of fused-ring (bicyclic) bond motifs is 2. The van der Waals surface area contributed by atoms with Crippen molar-refractivity contribution in [1.29, 1.82) is 0 Å². The monoisotopic (exact) mass is 582 g/mol. The fourth-order valence-corrected chi connectivity index (χ4v) is 6.60. The van der Waals surface area contributed by atoms with Crippen molar-refractivity contribution < 1.29 is 13.9 Å². The van der Waals surface area contributed by atoms with Crippen molar-refractivity contribution in [3.05, 3.63) is 87.3 Å². The minimum atomic E-state index is -0.235. The Hall–Kier alpha value is -2.48. The zero-order chi connectivity index (χ0) is 25.9. The fourth-order valence-electron chi connectivity index (χ4n) is 5.27. The normalized spacial score (nSPS) is 15.6. The number of aromatic amines is 1. The molecule has 1 atom stereocenters. The van der Waals surface area contributed by atoms with Gasteiger partial charge in [0.05, 0.1) is 18.7 Å². The Morgan fingerprint density at radius 1 is 1.05 bits per heavy atom. The third-order valence-corrected chi connectivity index (χ3v) is 8.92. The zero-order valence-corrected chi connectivity index (χ0v) is 23.8. The maximum absolute atomic E-state index is 14.3. The summed E-state index contributed by atoms with van der Waals surface area (Å²) in [6, 6.07) is 16.3. The van der Waals surface area contributed by atoms with Crippen LogP contribution in [-0.4, -0.2) is 30.1 Å². The van der Waals surface area contributed by atoms with Crippen LogP contribution in [0.3, 0.4) is 0 Å². The molecule has 1 N–H and O–H groups in total. The Morgan fingerprint density at radius 2 is 1.92 bits per heavy atom. The molecule has 5 rings (SSSR count). The van der Waals surface area contributed by atoms with Crippen LogP contribution in [0.15, 0.2) is 64.1 Å². The van der Waals surface area contributed by atoms with E-state index in [1.54, 1.807) is 38.3 Å². The Balaban J connectivity index is 1.49. The van der Waals surface area contributed by atoms with Crippen LogP contribution in [0, 0.1) is 5.82 Å². The maximum atomic E-state index is 14.3. The van der Waals surface area contributed by atoms with Gasteiger partial charge in [-0.2, -0.15) is 0 Å². The molecule has 2 heterocycles. The first-order valence-electron chi connectivity index (χ1n) is 12.7. The summed E-state index contributed by atoms with van der Waals surface area (Å²) in [6.45, 7) is 3.09. The maximum Gasteiger partial charge on any atom is 0.138 e. The van der Waals surface area contributed by atoms with Gasteiger partial charge in [-0.15, -0.1) is 0 Å². The summed E-state index contributed by atoms with van der Waals surface area (Å²) in [5.41, 5.74) is 6.36. The molecular weight excluding hydrogens is 551 g/mol. The predicted molar refractivity (Wildman–Crippen MR) is 153 cm³/mol. The van der Waals surface area contributed by atoms with E-state index in [9.17, 15) is 4.39 Å². The van der Waals surface area contributed by atoms with E-state index in [4.69, 9.17) is 9.47 Å². The Kier molecular flexibility index (Phi) is 8.12. The molecule has 0 saturated carbocycles. The van der Waals surface area contributed by atoms with Crippen LogP contribution in [0.2, 0.25) is 0 Å². The quantitative estimate of drug-likeness (QED) is 0.201. The smallest absolute Gasteiger partial charge is 0.138 e. The third-order valence-electron chi connectivity index (χ3n) is 7.15. The first kappa shape index (κ1) is 26.1. The van der Waals surface area contributed by atoms with Gasteiger partial charge in [0.1, 0.15) is 17.3 Å². The summed E-state index contributed by atoms with van der Waals surface area (Å²) < 4.78 is 28.5. The molecule has 1 aliphatic rings. The Labute approximate surface area is 230 Å². The molecule has 1 unspecified atom stereocenters. The SMILES string of the molecule is CCCc1cc2c(cc1OC)CCN(Sc1ccc(Br)c(F)c1)C2CCc1c[nH]c2ccc(OC)cc12. The highest BCUT2D eigenvalue weighted by atomic mass is 79.9. The molecule has 0 radical (unpaired) electrons. The van der Waals surface area contributed by atoms with Gasteiger partial charge in [0.15, 0.2) is 0 Å². The van der Waals surface area contributed by atoms with Crippen LogP contribution in [0.5, 0.6) is 11.5 Å². The van der Waals surface area contributed by atoms with E-state index in [0.717, 1.165) is 60.6 Å². The average molecular weight is 584 g/mol. The van der Waals surface area contributed by atoms with E-state index in [1.807, 2.05) is 12.1 Å². The molecule has 0 amide bonds. The third kappa shape index (κ3) is 5.54. The van der Waals surface area contributed by atoms with Crippen LogP contribution in [0.25, 0.3) is 10.9 Å². The van der Waals surface area contributed by atoms with Crippen LogP contribution < -0.4 is 9.47 Å². The summed E-state index contributed by atoms with van der Waals surface area (Å²) in [4.78, 5) is 4.32. The topological polar surface area (TPSA) is 37.5 Å². The average Bonchev–Trinajstić information content (AvgIpc) is 3.32. The van der Waals surface area contributed by atoms with Gasteiger partial charge in [0.2, 0.25) is 0 Å². The van der Waals surface area contributed by atoms with Crippen molar-refractivity contribution in [3.63, 3.8) is 0 Å². The largest absolute Gasteiger partial charge is 0.497 e. The van der Waals surface area contributed by atoms with E-state index >= 15 is 0 Å². The molecule has 0 aliphatic carbocycles. The number of hydrogen-bond acceptors (Lipinski definition) is 4. The number of methoxy groups -OCH3 is 2. The Morgan fingerprint density at radius 3 is 2.68 bits per heavy atom. The fraction of sp³-hybridized carbons (Fsp3) is 0.333. The van der Waals surface area contributed by atoms with Crippen molar-refractivity contribution in [3.8, 4) is 11.5 Å². The van der Waals surface area contributed by atoms with Gasteiger partial charge in [-0.3, -0.25) is 0 Å². The lowest BCUT2D eigenvalue weighted by molar-refractivity contribution is 0.321. The lowest BCUT2D eigenvalue weighted by Gasteiger charge is -2.37. The van der Waals surface area contributed by atoms with E-state index in [1.165, 1.54) is 27.6 Å².